The maximum atomic E-state index is 13.5. The third-order valence-electron chi connectivity index (χ3n) is 6.65. The summed E-state index contributed by atoms with van der Waals surface area (Å²) in [7, 11) is 2.04. The van der Waals surface area contributed by atoms with Gasteiger partial charge in [-0.15, -0.1) is 4.73 Å². The molecule has 1 saturated heterocycles. The molecule has 0 aliphatic carbocycles. The van der Waals surface area contributed by atoms with Crippen molar-refractivity contribution in [1.29, 1.82) is 0 Å². The Morgan fingerprint density at radius 1 is 1.02 bits per heavy atom. The molecular weight excluding hydrogens is 518 g/mol. The second-order valence-electron chi connectivity index (χ2n) is 9.66. The van der Waals surface area contributed by atoms with Gasteiger partial charge < -0.3 is 24.5 Å². The van der Waals surface area contributed by atoms with Crippen LogP contribution in [0.5, 0.6) is 11.5 Å². The molecule has 2 bridgehead atoms. The third-order valence-corrected chi connectivity index (χ3v) is 6.65. The lowest BCUT2D eigenvalue weighted by atomic mass is 10.1. The average molecular weight is 554 g/mol. The molecule has 1 N–H and O–H groups in total. The highest BCUT2D eigenvalue weighted by atomic mass is 16.7. The molecule has 2 aliphatic heterocycles. The second-order valence-corrected chi connectivity index (χ2v) is 9.66. The van der Waals surface area contributed by atoms with Gasteiger partial charge in [-0.3, -0.25) is 14.5 Å². The largest absolute Gasteiger partial charge is 0.489 e. The van der Waals surface area contributed by atoms with Crippen molar-refractivity contribution in [2.24, 2.45) is 0 Å². The molecule has 12 nitrogen and oxygen atoms in total. The fraction of sp³-hybridized carbons (Fsp3) is 0.464. The normalized spacial score (nSPS) is 16.0. The fourth-order valence-electron chi connectivity index (χ4n) is 4.56. The van der Waals surface area contributed by atoms with Crippen LogP contribution in [0.2, 0.25) is 0 Å². The Morgan fingerprint density at radius 3 is 2.42 bits per heavy atom. The van der Waals surface area contributed by atoms with Crippen LogP contribution in [0.1, 0.15) is 38.4 Å². The number of aryl methyl sites for hydroxylation is 1. The first-order valence-electron chi connectivity index (χ1n) is 13.5. The Labute approximate surface area is 232 Å². The smallest absolute Gasteiger partial charge is 0.356 e. The number of hydrogen-bond acceptors (Lipinski definition) is 10. The van der Waals surface area contributed by atoms with Crippen molar-refractivity contribution < 1.29 is 28.7 Å². The van der Waals surface area contributed by atoms with E-state index < -0.39 is 17.5 Å². The van der Waals surface area contributed by atoms with Crippen molar-refractivity contribution >= 4 is 23.5 Å². The molecule has 1 aromatic carbocycles. The van der Waals surface area contributed by atoms with E-state index in [1.54, 1.807) is 6.07 Å². The second kappa shape index (κ2) is 12.9. The molecule has 1 fully saturated rings. The van der Waals surface area contributed by atoms with Crippen LogP contribution >= 0.6 is 0 Å². The van der Waals surface area contributed by atoms with Crippen LogP contribution in [0.3, 0.4) is 0 Å². The molecule has 3 heterocycles. The molecule has 2 aromatic rings. The number of piperazine rings is 1. The average Bonchev–Trinajstić information content (AvgIpc) is 2.93. The maximum Gasteiger partial charge on any atom is 0.356 e. The van der Waals surface area contributed by atoms with E-state index in [1.165, 1.54) is 6.07 Å². The predicted molar refractivity (Wildman–Crippen MR) is 147 cm³/mol. The van der Waals surface area contributed by atoms with E-state index in [2.05, 4.69) is 15.1 Å². The summed E-state index contributed by atoms with van der Waals surface area (Å²) in [5.41, 5.74) is 0.902. The van der Waals surface area contributed by atoms with Crippen molar-refractivity contribution in [3.63, 3.8) is 0 Å². The topological polar surface area (TPSA) is 132 Å². The van der Waals surface area contributed by atoms with Crippen molar-refractivity contribution in [3.8, 4) is 22.9 Å². The summed E-state index contributed by atoms with van der Waals surface area (Å²) < 4.78 is 12.4. The summed E-state index contributed by atoms with van der Waals surface area (Å²) in [5, 5.41) is 2.87. The number of nitrogens with one attached hydrogen (secondary N) is 1. The first-order valence-corrected chi connectivity index (χ1v) is 13.5. The summed E-state index contributed by atoms with van der Waals surface area (Å²) >= 11 is 0. The standard InChI is InChI=1S/C28H35N5O7/c1-5-14-38-26-20-15-18(29-23(34)17-32-12-10-31(4)11-13-32)16-22(26)39-24(35)8-9-25(36)40-33-27(20)30-21(7-3)19(6-2)28(33)37/h8-9,15-16H,5-7,10-14,17H2,1-4H3,(H,29,34). The van der Waals surface area contributed by atoms with E-state index in [1.807, 2.05) is 27.8 Å². The van der Waals surface area contributed by atoms with Gasteiger partial charge in [-0.2, -0.15) is 0 Å². The molecule has 0 spiro atoms. The minimum Gasteiger partial charge on any atom is -0.489 e. The Kier molecular flexibility index (Phi) is 9.33. The Balaban J connectivity index is 1.87. The van der Waals surface area contributed by atoms with Gasteiger partial charge in [-0.25, -0.2) is 14.6 Å². The number of hydrogen-bond donors (Lipinski definition) is 1. The van der Waals surface area contributed by atoms with E-state index in [4.69, 9.17) is 19.3 Å². The van der Waals surface area contributed by atoms with Crippen molar-refractivity contribution in [1.82, 2.24) is 19.5 Å². The molecule has 12 heteroatoms. The van der Waals surface area contributed by atoms with E-state index in [0.29, 0.717) is 36.2 Å². The number of anilines is 1. The number of aromatic nitrogens is 2. The zero-order chi connectivity index (χ0) is 28.8. The number of nitrogens with zero attached hydrogens (tertiary/aromatic N) is 4. The van der Waals surface area contributed by atoms with Gasteiger partial charge in [0.25, 0.3) is 5.56 Å². The first kappa shape index (κ1) is 29.0. The number of carbonyl (C=O) groups is 3. The van der Waals surface area contributed by atoms with Crippen LogP contribution in [-0.2, 0) is 27.2 Å². The van der Waals surface area contributed by atoms with Crippen LogP contribution < -0.4 is 25.2 Å². The number of rotatable bonds is 8. The molecular formula is C28H35N5O7. The number of amides is 1. The highest BCUT2D eigenvalue weighted by Crippen LogP contribution is 2.41. The van der Waals surface area contributed by atoms with Gasteiger partial charge in [0.2, 0.25) is 5.91 Å². The lowest BCUT2D eigenvalue weighted by Crippen LogP contribution is -2.47. The van der Waals surface area contributed by atoms with Gasteiger partial charge in [-0.05, 0) is 32.4 Å². The quantitative estimate of drug-likeness (QED) is 0.378. The molecule has 214 valence electrons. The number of ether oxygens (including phenoxy) is 2. The first-order chi connectivity index (χ1) is 19.2. The molecule has 2 aliphatic rings. The van der Waals surface area contributed by atoms with E-state index >= 15 is 0 Å². The zero-order valence-electron chi connectivity index (χ0n) is 23.3. The van der Waals surface area contributed by atoms with Crippen LogP contribution in [0, 0.1) is 0 Å². The molecule has 1 aromatic heterocycles. The fourth-order valence-corrected chi connectivity index (χ4v) is 4.56. The van der Waals surface area contributed by atoms with Gasteiger partial charge >= 0.3 is 11.9 Å². The van der Waals surface area contributed by atoms with Crippen molar-refractivity contribution in [2.75, 3.05) is 51.7 Å². The highest BCUT2D eigenvalue weighted by Gasteiger charge is 2.27. The van der Waals surface area contributed by atoms with Crippen LogP contribution in [-0.4, -0.2) is 83.7 Å². The van der Waals surface area contributed by atoms with Crippen LogP contribution in [0.15, 0.2) is 29.1 Å². The minimum absolute atomic E-state index is 0.00302. The number of benzene rings is 1. The zero-order valence-corrected chi connectivity index (χ0v) is 23.3. The minimum atomic E-state index is -0.958. The van der Waals surface area contributed by atoms with Crippen LogP contribution in [0.25, 0.3) is 11.4 Å². The molecule has 1 amide bonds. The summed E-state index contributed by atoms with van der Waals surface area (Å²) in [6.45, 7) is 9.30. The molecule has 4 rings (SSSR count). The lowest BCUT2D eigenvalue weighted by molar-refractivity contribution is -0.139. The monoisotopic (exact) mass is 553 g/mol. The molecule has 40 heavy (non-hydrogen) atoms. The van der Waals surface area contributed by atoms with E-state index in [-0.39, 0.29) is 41.9 Å². The van der Waals surface area contributed by atoms with Gasteiger partial charge in [0.05, 0.1) is 24.4 Å². The number of esters is 1. The molecule has 0 atom stereocenters. The Bertz CT molecular complexity index is 1380. The molecule has 0 unspecified atom stereocenters. The summed E-state index contributed by atoms with van der Waals surface area (Å²) in [5.74, 6) is -1.96. The van der Waals surface area contributed by atoms with Crippen molar-refractivity contribution in [3.05, 3.63) is 45.9 Å². The van der Waals surface area contributed by atoms with E-state index in [9.17, 15) is 19.2 Å². The molecule has 0 radical (unpaired) electrons. The highest BCUT2D eigenvalue weighted by molar-refractivity contribution is 5.96. The van der Waals surface area contributed by atoms with Gasteiger partial charge in [0, 0.05) is 55.6 Å². The summed E-state index contributed by atoms with van der Waals surface area (Å²) in [6.07, 6.45) is 3.23. The van der Waals surface area contributed by atoms with Gasteiger partial charge in [-0.1, -0.05) is 20.8 Å². The van der Waals surface area contributed by atoms with Crippen molar-refractivity contribution in [2.45, 2.75) is 40.0 Å². The molecule has 0 saturated carbocycles. The summed E-state index contributed by atoms with van der Waals surface area (Å²) in [6, 6.07) is 3.05. The predicted octanol–water partition coefficient (Wildman–Crippen LogP) is 1.44. The maximum absolute atomic E-state index is 13.5. The number of carbonyl (C=O) groups excluding carboxylic acids is 3. The lowest BCUT2D eigenvalue weighted by Gasteiger charge is -2.31. The number of likely N-dealkylation sites (N-methyl/N-ethyl adjacent to an activating group) is 1. The summed E-state index contributed by atoms with van der Waals surface area (Å²) in [4.78, 5) is 66.0. The third kappa shape index (κ3) is 6.57. The van der Waals surface area contributed by atoms with Crippen LogP contribution in [0.4, 0.5) is 5.69 Å². The van der Waals surface area contributed by atoms with Gasteiger partial charge in [0.15, 0.2) is 17.3 Å². The number of fused-ring (bicyclic) bond motifs is 4. The van der Waals surface area contributed by atoms with Gasteiger partial charge in [0.1, 0.15) is 0 Å². The SMILES string of the molecule is CCCOc1c2cc(NC(=O)CN3CCN(C)CC3)cc1-c1nc(CC)c(CC)c(=O)n1OC(=O)C=CC(=O)O2. The van der Waals surface area contributed by atoms with E-state index in [0.717, 1.165) is 43.1 Å². The Morgan fingerprint density at radius 2 is 1.75 bits per heavy atom. The Hall–Kier alpha value is -4.03.